The first-order valence-electron chi connectivity index (χ1n) is 19.0. The fraction of sp³-hybridized carbons (Fsp3) is 0.632. The maximum atomic E-state index is 14.4. The van der Waals surface area contributed by atoms with Crippen LogP contribution < -0.4 is 9.64 Å². The summed E-state index contributed by atoms with van der Waals surface area (Å²) in [6, 6.07) is 3.88. The first-order chi connectivity index (χ1) is 25.2. The van der Waals surface area contributed by atoms with Gasteiger partial charge in [-0.15, -0.1) is 0 Å². The van der Waals surface area contributed by atoms with Gasteiger partial charge in [0.2, 0.25) is 5.91 Å². The van der Waals surface area contributed by atoms with Crippen LogP contribution in [0.2, 0.25) is 0 Å². The molecule has 0 unspecified atom stereocenters. The number of ether oxygens (including phenoxy) is 1. The van der Waals surface area contributed by atoms with Crippen LogP contribution >= 0.6 is 0 Å². The number of anilines is 1. The second-order valence-electron chi connectivity index (χ2n) is 16.5. The molecule has 15 heteroatoms. The molecule has 2 aromatic rings. The number of carbonyl (C=O) groups excluding carboxylic acids is 2. The van der Waals surface area contributed by atoms with Gasteiger partial charge in [-0.3, -0.25) is 9.59 Å². The molecule has 288 valence electrons. The molecule has 1 aromatic carbocycles. The Balaban J connectivity index is 0.883. The van der Waals surface area contributed by atoms with Gasteiger partial charge in [0, 0.05) is 81.8 Å². The zero-order chi connectivity index (χ0) is 37.7. The van der Waals surface area contributed by atoms with E-state index in [1.165, 1.54) is 30.6 Å². The smallest absolute Gasteiger partial charge is 0.282 e. The highest BCUT2D eigenvalue weighted by molar-refractivity contribution is 7.86. The Hall–Kier alpha value is -3.66. The minimum atomic E-state index is -3.48. The molecular weight excluding hydrogens is 700 g/mol. The molecule has 13 nitrogen and oxygen atoms in total. The van der Waals surface area contributed by atoms with E-state index in [2.05, 4.69) is 26.3 Å². The molecule has 0 bridgehead atoms. The first-order valence-corrected chi connectivity index (χ1v) is 20.4. The number of halogens is 1. The van der Waals surface area contributed by atoms with Gasteiger partial charge in [0.05, 0.1) is 11.8 Å². The van der Waals surface area contributed by atoms with Crippen molar-refractivity contribution in [1.29, 1.82) is 0 Å². The highest BCUT2D eigenvalue weighted by atomic mass is 32.2. The lowest BCUT2D eigenvalue weighted by atomic mass is 9.72. The lowest BCUT2D eigenvalue weighted by Gasteiger charge is -2.59. The topological polar surface area (TPSA) is 123 Å². The Morgan fingerprint density at radius 1 is 0.962 bits per heavy atom. The SMILES string of the molecule is C=CC(=O)N1CC2(C1)CN(S(=O)(=O)N1CCC(CN3CCC4(CC3)CN(c3ncncc3Oc3ccc(F)cc3C(=O)N(C(C)C)C(C)C)C4)CC1)C2. The van der Waals surface area contributed by atoms with E-state index in [1.807, 2.05) is 27.7 Å². The molecule has 5 saturated heterocycles. The fourth-order valence-electron chi connectivity index (χ4n) is 9.10. The van der Waals surface area contributed by atoms with Crippen molar-refractivity contribution in [3.05, 3.63) is 54.8 Å². The molecule has 7 rings (SSSR count). The minimum absolute atomic E-state index is 0.0729. The van der Waals surface area contributed by atoms with Gasteiger partial charge in [0.25, 0.3) is 16.1 Å². The molecule has 5 aliphatic heterocycles. The van der Waals surface area contributed by atoms with Crippen LogP contribution in [0.3, 0.4) is 0 Å². The van der Waals surface area contributed by atoms with E-state index in [0.29, 0.717) is 56.8 Å². The Kier molecular flexibility index (Phi) is 10.3. The van der Waals surface area contributed by atoms with Gasteiger partial charge < -0.3 is 24.3 Å². The summed E-state index contributed by atoms with van der Waals surface area (Å²) in [4.78, 5) is 42.3. The summed E-state index contributed by atoms with van der Waals surface area (Å²) < 4.78 is 50.6. The van der Waals surface area contributed by atoms with Gasteiger partial charge in [-0.05, 0) is 96.7 Å². The van der Waals surface area contributed by atoms with Crippen molar-refractivity contribution in [3.63, 3.8) is 0 Å². The zero-order valence-electron chi connectivity index (χ0n) is 31.4. The summed E-state index contributed by atoms with van der Waals surface area (Å²) in [6.07, 6.45) is 8.28. The molecule has 6 heterocycles. The van der Waals surface area contributed by atoms with E-state index in [1.54, 1.807) is 24.6 Å². The van der Waals surface area contributed by atoms with Crippen LogP contribution in [0.25, 0.3) is 0 Å². The second kappa shape index (κ2) is 14.5. The van der Waals surface area contributed by atoms with Gasteiger partial charge >= 0.3 is 0 Å². The predicted molar refractivity (Wildman–Crippen MR) is 199 cm³/mol. The van der Waals surface area contributed by atoms with Crippen LogP contribution in [0.4, 0.5) is 10.2 Å². The maximum Gasteiger partial charge on any atom is 0.282 e. The average Bonchev–Trinajstić information content (AvgIpc) is 3.07. The third-order valence-corrected chi connectivity index (χ3v) is 13.9. The highest BCUT2D eigenvalue weighted by Crippen LogP contribution is 2.46. The van der Waals surface area contributed by atoms with Crippen LogP contribution in [0.1, 0.15) is 63.7 Å². The van der Waals surface area contributed by atoms with E-state index < -0.39 is 16.0 Å². The van der Waals surface area contributed by atoms with Gasteiger partial charge in [0.15, 0.2) is 11.6 Å². The lowest BCUT2D eigenvalue weighted by Crippen LogP contribution is -2.74. The standard InChI is InChI=1S/C38H53FN8O5S/c1-6-34(48)43-22-38(23-43)24-46(25-38)53(50,51)45-13-9-29(10-14-45)19-42-15-11-37(12-16-42)20-44(21-37)35-33(18-40-26-41-35)52-32-8-7-30(39)17-31(32)36(49)47(27(2)3)28(4)5/h6-8,17-18,26-29H,1,9-16,19-25H2,2-5H3. The van der Waals surface area contributed by atoms with E-state index in [9.17, 15) is 22.4 Å². The number of likely N-dealkylation sites (tertiary alicyclic amines) is 2. The van der Waals surface area contributed by atoms with Crippen molar-refractivity contribution >= 4 is 27.8 Å². The molecule has 5 fully saturated rings. The molecule has 0 N–H and O–H groups in total. The molecule has 0 aliphatic carbocycles. The molecule has 0 atom stereocenters. The molecule has 5 aliphatic rings. The number of hydrogen-bond acceptors (Lipinski definition) is 9. The van der Waals surface area contributed by atoms with Crippen LogP contribution in [-0.2, 0) is 15.0 Å². The van der Waals surface area contributed by atoms with E-state index >= 15 is 0 Å². The van der Waals surface area contributed by atoms with E-state index in [4.69, 9.17) is 4.74 Å². The molecule has 1 aromatic heterocycles. The summed E-state index contributed by atoms with van der Waals surface area (Å²) in [5.41, 5.74) is 0.264. The van der Waals surface area contributed by atoms with Crippen molar-refractivity contribution < 1.29 is 27.1 Å². The van der Waals surface area contributed by atoms with E-state index in [-0.39, 0.29) is 46.0 Å². The number of hydrogen-bond donors (Lipinski definition) is 0. The van der Waals surface area contributed by atoms with E-state index in [0.717, 1.165) is 58.4 Å². The third-order valence-electron chi connectivity index (χ3n) is 12.0. The predicted octanol–water partition coefficient (Wildman–Crippen LogP) is 3.86. The molecule has 2 amide bonds. The van der Waals surface area contributed by atoms with Gasteiger partial charge in [-0.2, -0.15) is 17.0 Å². The Morgan fingerprint density at radius 2 is 1.62 bits per heavy atom. The summed E-state index contributed by atoms with van der Waals surface area (Å²) in [6.45, 7) is 19.3. The van der Waals surface area contributed by atoms with Gasteiger partial charge in [-0.25, -0.2) is 14.4 Å². The average molecular weight is 753 g/mol. The third kappa shape index (κ3) is 7.41. The molecule has 53 heavy (non-hydrogen) atoms. The summed E-state index contributed by atoms with van der Waals surface area (Å²) in [5.74, 6) is 0.938. The Labute approximate surface area is 312 Å². The largest absolute Gasteiger partial charge is 0.451 e. The normalized spacial score (nSPS) is 22.1. The maximum absolute atomic E-state index is 14.4. The number of piperidine rings is 2. The fourth-order valence-corrected chi connectivity index (χ4v) is 11.0. The molecule has 0 saturated carbocycles. The van der Waals surface area contributed by atoms with Crippen LogP contribution in [0.15, 0.2) is 43.4 Å². The molecule has 0 radical (unpaired) electrons. The minimum Gasteiger partial charge on any atom is -0.451 e. The van der Waals surface area contributed by atoms with Crippen molar-refractivity contribution in [2.75, 3.05) is 76.9 Å². The van der Waals surface area contributed by atoms with Crippen LogP contribution in [0, 0.1) is 22.6 Å². The second-order valence-corrected chi connectivity index (χ2v) is 18.5. The number of aromatic nitrogens is 2. The summed E-state index contributed by atoms with van der Waals surface area (Å²) in [5, 5.41) is 0. The van der Waals surface area contributed by atoms with Crippen molar-refractivity contribution in [1.82, 2.24) is 33.3 Å². The van der Waals surface area contributed by atoms with Gasteiger partial charge in [0.1, 0.15) is 17.9 Å². The lowest BCUT2D eigenvalue weighted by molar-refractivity contribution is -0.146. The first kappa shape index (κ1) is 37.6. The van der Waals surface area contributed by atoms with Crippen molar-refractivity contribution in [2.24, 2.45) is 16.7 Å². The number of benzene rings is 1. The molecular formula is C38H53FN8O5S. The summed E-state index contributed by atoms with van der Waals surface area (Å²) in [7, 11) is -3.48. The number of amides is 2. The zero-order valence-corrected chi connectivity index (χ0v) is 32.2. The van der Waals surface area contributed by atoms with Crippen LogP contribution in [-0.4, -0.2) is 138 Å². The monoisotopic (exact) mass is 752 g/mol. The number of rotatable bonds is 11. The Morgan fingerprint density at radius 3 is 2.25 bits per heavy atom. The van der Waals surface area contributed by atoms with Gasteiger partial charge in [-0.1, -0.05) is 6.58 Å². The number of carbonyl (C=O) groups is 2. The highest BCUT2D eigenvalue weighted by Gasteiger charge is 2.57. The quantitative estimate of drug-likeness (QED) is 0.315. The van der Waals surface area contributed by atoms with Crippen LogP contribution in [0.5, 0.6) is 11.5 Å². The summed E-state index contributed by atoms with van der Waals surface area (Å²) >= 11 is 0. The van der Waals surface area contributed by atoms with Crippen molar-refractivity contribution in [3.8, 4) is 11.5 Å². The Bertz CT molecular complexity index is 1800. The van der Waals surface area contributed by atoms with Crippen molar-refractivity contribution in [2.45, 2.75) is 65.5 Å². The number of nitrogens with zero attached hydrogens (tertiary/aromatic N) is 8. The molecule has 2 spiro atoms.